The van der Waals surface area contributed by atoms with E-state index in [0.717, 1.165) is 3.57 Å². The molecule has 27 heavy (non-hydrogen) atoms. The molecule has 3 rings (SSSR count). The summed E-state index contributed by atoms with van der Waals surface area (Å²) in [5, 5.41) is 0. The molecule has 0 aliphatic heterocycles. The number of carbonyl (C=O) groups is 2. The Morgan fingerprint density at radius 2 is 1.56 bits per heavy atom. The molecule has 0 N–H and O–H groups in total. The monoisotopic (exact) mass is 472 g/mol. The number of rotatable bonds is 6. The van der Waals surface area contributed by atoms with Crippen LogP contribution >= 0.6 is 22.6 Å². The third-order valence-electron chi connectivity index (χ3n) is 4.00. The first-order valence-corrected chi connectivity index (χ1v) is 9.36. The van der Waals surface area contributed by atoms with Gasteiger partial charge in [-0.05, 0) is 65.1 Å². The first-order chi connectivity index (χ1) is 13.1. The molecular weight excluding hydrogens is 455 g/mol. The lowest BCUT2D eigenvalue weighted by Gasteiger charge is -2.18. The van der Waals surface area contributed by atoms with E-state index in [9.17, 15) is 9.59 Å². The molecule has 0 unspecified atom stereocenters. The minimum Gasteiger partial charge on any atom is -0.497 e. The fourth-order valence-electron chi connectivity index (χ4n) is 2.60. The second-order valence-corrected chi connectivity index (χ2v) is 7.04. The van der Waals surface area contributed by atoms with Gasteiger partial charge in [0.15, 0.2) is 6.10 Å². The van der Waals surface area contributed by atoms with Crippen LogP contribution in [0.3, 0.4) is 0 Å². The van der Waals surface area contributed by atoms with Crippen LogP contribution in [0.25, 0.3) is 0 Å². The van der Waals surface area contributed by atoms with Crippen molar-refractivity contribution in [2.75, 3.05) is 7.11 Å². The van der Waals surface area contributed by atoms with Crippen molar-refractivity contribution < 1.29 is 19.1 Å². The largest absolute Gasteiger partial charge is 0.497 e. The molecule has 0 heterocycles. The number of ketones is 1. The van der Waals surface area contributed by atoms with Crippen LogP contribution in [-0.4, -0.2) is 18.9 Å². The highest BCUT2D eigenvalue weighted by Gasteiger charge is 2.26. The van der Waals surface area contributed by atoms with E-state index in [1.165, 1.54) is 0 Å². The quantitative estimate of drug-likeness (QED) is 0.285. The third kappa shape index (κ3) is 4.74. The van der Waals surface area contributed by atoms with E-state index in [0.29, 0.717) is 22.4 Å². The van der Waals surface area contributed by atoms with Gasteiger partial charge in [0.25, 0.3) is 0 Å². The lowest BCUT2D eigenvalue weighted by atomic mass is 9.99. The van der Waals surface area contributed by atoms with Gasteiger partial charge in [-0.15, -0.1) is 0 Å². The van der Waals surface area contributed by atoms with Crippen LogP contribution in [0.15, 0.2) is 78.9 Å². The number of carbonyl (C=O) groups excluding carboxylic acids is 2. The second-order valence-electron chi connectivity index (χ2n) is 5.80. The van der Waals surface area contributed by atoms with Crippen molar-refractivity contribution in [1.29, 1.82) is 0 Å². The number of halogens is 1. The summed E-state index contributed by atoms with van der Waals surface area (Å²) in [7, 11) is 1.56. The fraction of sp³-hybridized carbons (Fsp3) is 0.0909. The van der Waals surface area contributed by atoms with Gasteiger partial charge in [-0.25, -0.2) is 4.79 Å². The molecule has 0 spiro atoms. The Bertz CT molecular complexity index is 936. The first-order valence-electron chi connectivity index (χ1n) is 8.28. The topological polar surface area (TPSA) is 52.6 Å². The summed E-state index contributed by atoms with van der Waals surface area (Å²) < 4.78 is 11.7. The fourth-order valence-corrected chi connectivity index (χ4v) is 3.14. The van der Waals surface area contributed by atoms with Crippen LogP contribution in [0.5, 0.6) is 5.75 Å². The molecule has 0 saturated heterocycles. The molecule has 3 aromatic carbocycles. The van der Waals surface area contributed by atoms with Gasteiger partial charge in [-0.2, -0.15) is 0 Å². The predicted octanol–water partition coefficient (Wildman–Crippen LogP) is 5.08. The molecule has 5 heteroatoms. The summed E-state index contributed by atoms with van der Waals surface area (Å²) >= 11 is 2.13. The average molecular weight is 472 g/mol. The summed E-state index contributed by atoms with van der Waals surface area (Å²) in [5.74, 6) is -0.175. The van der Waals surface area contributed by atoms with Gasteiger partial charge in [0.1, 0.15) is 5.75 Å². The number of hydrogen-bond donors (Lipinski definition) is 0. The summed E-state index contributed by atoms with van der Waals surface area (Å²) in [4.78, 5) is 25.7. The predicted molar refractivity (Wildman–Crippen MR) is 111 cm³/mol. The van der Waals surface area contributed by atoms with E-state index in [-0.39, 0.29) is 5.78 Å². The van der Waals surface area contributed by atoms with Crippen molar-refractivity contribution in [3.8, 4) is 5.75 Å². The average Bonchev–Trinajstić information content (AvgIpc) is 2.72. The standard InChI is InChI=1S/C22H17IO4/c1-26-19-12-10-15(11-13-19)20(24)21(16-6-3-2-4-7-16)27-22(25)17-8-5-9-18(23)14-17/h2-14,21H,1H3/t21-/m1/s1. The van der Waals surface area contributed by atoms with E-state index in [1.807, 2.05) is 24.3 Å². The zero-order chi connectivity index (χ0) is 19.2. The number of esters is 1. The van der Waals surface area contributed by atoms with Crippen LogP contribution in [0, 0.1) is 3.57 Å². The number of Topliss-reactive ketones (excluding diaryl/α,β-unsaturated/α-hetero) is 1. The number of ether oxygens (including phenoxy) is 2. The Morgan fingerprint density at radius 3 is 2.19 bits per heavy atom. The maximum atomic E-state index is 13.1. The Labute approximate surface area is 171 Å². The van der Waals surface area contributed by atoms with Crippen molar-refractivity contribution in [2.24, 2.45) is 0 Å². The van der Waals surface area contributed by atoms with Crippen molar-refractivity contribution in [1.82, 2.24) is 0 Å². The molecule has 0 aliphatic carbocycles. The minimum absolute atomic E-state index is 0.289. The maximum absolute atomic E-state index is 13.1. The van der Waals surface area contributed by atoms with Gasteiger partial charge in [0, 0.05) is 14.7 Å². The minimum atomic E-state index is -1.02. The number of methoxy groups -OCH3 is 1. The van der Waals surface area contributed by atoms with Gasteiger partial charge >= 0.3 is 5.97 Å². The normalized spacial score (nSPS) is 11.5. The molecule has 4 nitrogen and oxygen atoms in total. The van der Waals surface area contributed by atoms with E-state index in [2.05, 4.69) is 22.6 Å². The number of benzene rings is 3. The van der Waals surface area contributed by atoms with Gasteiger partial charge in [0.05, 0.1) is 12.7 Å². The molecule has 0 amide bonds. The molecule has 1 atom stereocenters. The van der Waals surface area contributed by atoms with Crippen LogP contribution in [-0.2, 0) is 4.74 Å². The lowest BCUT2D eigenvalue weighted by Crippen LogP contribution is -2.20. The van der Waals surface area contributed by atoms with Crippen molar-refractivity contribution in [3.05, 3.63) is 99.1 Å². The summed E-state index contributed by atoms with van der Waals surface area (Å²) in [6.45, 7) is 0. The highest BCUT2D eigenvalue weighted by Crippen LogP contribution is 2.25. The van der Waals surface area contributed by atoms with Crippen LogP contribution in [0.2, 0.25) is 0 Å². The lowest BCUT2D eigenvalue weighted by molar-refractivity contribution is 0.0280. The molecule has 0 aromatic heterocycles. The highest BCUT2D eigenvalue weighted by atomic mass is 127. The van der Waals surface area contributed by atoms with Crippen molar-refractivity contribution in [2.45, 2.75) is 6.10 Å². The summed E-state index contributed by atoms with van der Waals surface area (Å²) in [6, 6.07) is 22.8. The molecule has 136 valence electrons. The summed E-state index contributed by atoms with van der Waals surface area (Å²) in [6.07, 6.45) is -1.02. The SMILES string of the molecule is COc1ccc(C(=O)[C@H](OC(=O)c2cccc(I)c2)c2ccccc2)cc1. The van der Waals surface area contributed by atoms with Gasteiger partial charge < -0.3 is 9.47 Å². The Kier molecular flexibility index (Phi) is 6.24. The number of hydrogen-bond acceptors (Lipinski definition) is 4. The van der Waals surface area contributed by atoms with Gasteiger partial charge in [-0.1, -0.05) is 36.4 Å². The van der Waals surface area contributed by atoms with E-state index >= 15 is 0 Å². The van der Waals surface area contributed by atoms with Crippen molar-refractivity contribution in [3.63, 3.8) is 0 Å². The molecule has 0 bridgehead atoms. The molecule has 0 radical (unpaired) electrons. The highest BCUT2D eigenvalue weighted by molar-refractivity contribution is 14.1. The first kappa shape index (κ1) is 19.1. The Morgan fingerprint density at radius 1 is 0.852 bits per heavy atom. The van der Waals surface area contributed by atoms with E-state index in [1.54, 1.807) is 61.7 Å². The maximum Gasteiger partial charge on any atom is 0.339 e. The van der Waals surface area contributed by atoms with Gasteiger partial charge in [0.2, 0.25) is 5.78 Å². The van der Waals surface area contributed by atoms with Gasteiger partial charge in [-0.3, -0.25) is 4.79 Å². The second kappa shape index (κ2) is 8.81. The molecular formula is C22H17IO4. The zero-order valence-corrected chi connectivity index (χ0v) is 16.8. The zero-order valence-electron chi connectivity index (χ0n) is 14.6. The van der Waals surface area contributed by atoms with Crippen LogP contribution < -0.4 is 4.74 Å². The Balaban J connectivity index is 1.91. The van der Waals surface area contributed by atoms with Crippen molar-refractivity contribution >= 4 is 34.3 Å². The molecule has 0 saturated carbocycles. The van der Waals surface area contributed by atoms with Crippen LogP contribution in [0.4, 0.5) is 0 Å². The molecule has 0 aliphatic rings. The third-order valence-corrected chi connectivity index (χ3v) is 4.67. The van der Waals surface area contributed by atoms with Crippen LogP contribution in [0.1, 0.15) is 32.4 Å². The smallest absolute Gasteiger partial charge is 0.339 e. The van der Waals surface area contributed by atoms with E-state index < -0.39 is 12.1 Å². The Hall–Kier alpha value is -2.67. The summed E-state index contributed by atoms with van der Waals surface area (Å²) in [5.41, 5.74) is 1.47. The molecule has 0 fully saturated rings. The molecule has 3 aromatic rings. The van der Waals surface area contributed by atoms with E-state index in [4.69, 9.17) is 9.47 Å².